The van der Waals surface area contributed by atoms with Crippen LogP contribution in [0.1, 0.15) is 205 Å². The van der Waals surface area contributed by atoms with Crippen LogP contribution in [0.4, 0.5) is 0 Å². The summed E-state index contributed by atoms with van der Waals surface area (Å²) in [4.78, 5) is 2.62. The van der Waals surface area contributed by atoms with Crippen LogP contribution < -0.4 is 33.3 Å². The Kier molecular flexibility index (Phi) is 33.0. The van der Waals surface area contributed by atoms with Crippen molar-refractivity contribution in [2.24, 2.45) is 0 Å². The minimum Gasteiger partial charge on any atom is -1.00 e. The van der Waals surface area contributed by atoms with Gasteiger partial charge in [0.25, 0.3) is 0 Å². The number of hydrogen-bond donors (Lipinski definition) is 0. The van der Waals surface area contributed by atoms with E-state index in [9.17, 15) is 0 Å². The molecule has 294 valence electrons. The zero-order valence-corrected chi connectivity index (χ0v) is 36.6. The molecule has 0 spiro atoms. The van der Waals surface area contributed by atoms with E-state index in [-0.39, 0.29) is 24.0 Å². The molecule has 0 bridgehead atoms. The standard InChI is InChI=1S/C46H80ClN2O.HI/c1-4-7-9-11-13-15-17-19-20-21-23-25-27-29-37-49(41-43-33-32-38-48(40-43)36-6-3)42-44-34-31-35-45(47)46(44)50-39-30-28-26-24-22-18-16-14-12-10-8-5-2;/h31-35,38,40H,4-30,36-37,39,41-42H2,1-3H3;1H/q+1;/p-1. The van der Waals surface area contributed by atoms with E-state index in [0.717, 1.165) is 56.4 Å². The van der Waals surface area contributed by atoms with Crippen molar-refractivity contribution in [3.8, 4) is 5.75 Å². The highest BCUT2D eigenvalue weighted by Gasteiger charge is 2.15. The Morgan fingerprint density at radius 1 is 0.549 bits per heavy atom. The fourth-order valence-electron chi connectivity index (χ4n) is 7.27. The predicted octanol–water partition coefficient (Wildman–Crippen LogP) is 11.6. The molecule has 1 aromatic carbocycles. The molecule has 2 rings (SSSR count). The van der Waals surface area contributed by atoms with Gasteiger partial charge in [-0.3, -0.25) is 4.90 Å². The van der Waals surface area contributed by atoms with Crippen LogP contribution in [0.3, 0.4) is 0 Å². The van der Waals surface area contributed by atoms with Gasteiger partial charge in [0.1, 0.15) is 12.3 Å². The van der Waals surface area contributed by atoms with Gasteiger partial charge < -0.3 is 28.7 Å². The smallest absolute Gasteiger partial charge is 0.173 e. The summed E-state index contributed by atoms with van der Waals surface area (Å²) in [6.07, 6.45) is 41.5. The summed E-state index contributed by atoms with van der Waals surface area (Å²) in [6.45, 7) is 11.6. The number of nitrogens with zero attached hydrogens (tertiary/aromatic N) is 2. The quantitative estimate of drug-likeness (QED) is 0.0391. The second kappa shape index (κ2) is 34.9. The van der Waals surface area contributed by atoms with E-state index >= 15 is 0 Å². The van der Waals surface area contributed by atoms with Crippen LogP contribution in [0.5, 0.6) is 5.75 Å². The molecule has 0 aliphatic rings. The Morgan fingerprint density at radius 3 is 1.55 bits per heavy atom. The number of aryl methyl sites for hydroxylation is 1. The fourth-order valence-corrected chi connectivity index (χ4v) is 7.52. The highest BCUT2D eigenvalue weighted by molar-refractivity contribution is 6.32. The molecule has 0 aliphatic heterocycles. The summed E-state index contributed by atoms with van der Waals surface area (Å²) in [5.41, 5.74) is 2.60. The average Bonchev–Trinajstić information content (AvgIpc) is 3.11. The third-order valence-corrected chi connectivity index (χ3v) is 10.6. The Hall–Kier alpha value is -0.850. The van der Waals surface area contributed by atoms with Gasteiger partial charge in [-0.15, -0.1) is 0 Å². The van der Waals surface area contributed by atoms with Gasteiger partial charge in [-0.05, 0) is 31.5 Å². The molecule has 0 amide bonds. The Labute approximate surface area is 339 Å². The molecule has 1 heterocycles. The molecule has 2 aromatic rings. The second-order valence-electron chi connectivity index (χ2n) is 15.2. The molecule has 0 saturated heterocycles. The SMILES string of the molecule is CCCCCCCCCCCCCCCCN(Cc1ccc[n+](CCC)c1)Cc1cccc(Cl)c1OCCCCCCCCCCCCCC.[I-]. The molecule has 3 nitrogen and oxygen atoms in total. The summed E-state index contributed by atoms with van der Waals surface area (Å²) in [5, 5.41) is 0.748. The first-order valence-electron chi connectivity index (χ1n) is 21.8. The van der Waals surface area contributed by atoms with Crippen molar-refractivity contribution in [3.63, 3.8) is 0 Å². The summed E-state index contributed by atoms with van der Waals surface area (Å²) in [5.74, 6) is 0.900. The lowest BCUT2D eigenvalue weighted by Crippen LogP contribution is -3.00. The molecular weight excluding hydrogens is 759 g/mol. The highest BCUT2D eigenvalue weighted by atomic mass is 127. The van der Waals surface area contributed by atoms with Crippen molar-refractivity contribution in [1.29, 1.82) is 0 Å². The lowest BCUT2D eigenvalue weighted by molar-refractivity contribution is -0.697. The molecule has 0 atom stereocenters. The maximum absolute atomic E-state index is 6.77. The summed E-state index contributed by atoms with van der Waals surface area (Å²) in [7, 11) is 0. The summed E-state index contributed by atoms with van der Waals surface area (Å²) in [6, 6.07) is 10.8. The largest absolute Gasteiger partial charge is 1.00 e. The highest BCUT2D eigenvalue weighted by Crippen LogP contribution is 2.30. The number of halogens is 2. The lowest BCUT2D eigenvalue weighted by atomic mass is 10.0. The molecule has 0 radical (unpaired) electrons. The number of hydrogen-bond acceptors (Lipinski definition) is 2. The zero-order valence-electron chi connectivity index (χ0n) is 33.7. The average molecular weight is 840 g/mol. The Balaban J connectivity index is 0.0000130. The molecule has 0 unspecified atom stereocenters. The first kappa shape index (κ1) is 48.2. The number of para-hydroxylation sites is 1. The van der Waals surface area contributed by atoms with E-state index in [4.69, 9.17) is 16.3 Å². The third kappa shape index (κ3) is 25.7. The zero-order chi connectivity index (χ0) is 35.7. The van der Waals surface area contributed by atoms with Crippen molar-refractivity contribution < 1.29 is 33.3 Å². The number of rotatable bonds is 35. The van der Waals surface area contributed by atoms with E-state index in [2.05, 4.69) is 66.9 Å². The van der Waals surface area contributed by atoms with Crippen LogP contribution in [-0.4, -0.2) is 18.1 Å². The van der Waals surface area contributed by atoms with E-state index < -0.39 is 0 Å². The number of unbranched alkanes of at least 4 members (excludes halogenated alkanes) is 24. The van der Waals surface area contributed by atoms with Gasteiger partial charge >= 0.3 is 0 Å². The minimum absolute atomic E-state index is 0. The summed E-state index contributed by atoms with van der Waals surface area (Å²) >= 11 is 6.77. The molecule has 0 fully saturated rings. The molecular formula is C46H80ClIN2O. The van der Waals surface area contributed by atoms with Crippen molar-refractivity contribution >= 4 is 11.6 Å². The van der Waals surface area contributed by atoms with Crippen molar-refractivity contribution in [3.05, 3.63) is 58.9 Å². The Morgan fingerprint density at radius 2 is 1.04 bits per heavy atom. The monoisotopic (exact) mass is 839 g/mol. The van der Waals surface area contributed by atoms with Crippen LogP contribution in [0.2, 0.25) is 5.02 Å². The van der Waals surface area contributed by atoms with E-state index in [0.29, 0.717) is 0 Å². The molecule has 0 aliphatic carbocycles. The maximum atomic E-state index is 6.77. The van der Waals surface area contributed by atoms with Gasteiger partial charge in [-0.25, -0.2) is 4.57 Å². The second-order valence-corrected chi connectivity index (χ2v) is 15.6. The van der Waals surface area contributed by atoms with Crippen LogP contribution in [0.15, 0.2) is 42.7 Å². The molecule has 51 heavy (non-hydrogen) atoms. The van der Waals surface area contributed by atoms with Crippen LogP contribution >= 0.6 is 11.6 Å². The molecule has 1 aromatic heterocycles. The van der Waals surface area contributed by atoms with Gasteiger partial charge in [0.15, 0.2) is 12.4 Å². The van der Waals surface area contributed by atoms with Crippen molar-refractivity contribution in [1.82, 2.24) is 4.90 Å². The Bertz CT molecular complexity index is 1050. The lowest BCUT2D eigenvalue weighted by Gasteiger charge is -2.24. The number of aromatic nitrogens is 1. The van der Waals surface area contributed by atoms with E-state index in [1.807, 2.05) is 6.07 Å². The first-order valence-corrected chi connectivity index (χ1v) is 22.2. The fraction of sp³-hybridized carbons (Fsp3) is 0.761. The predicted molar refractivity (Wildman–Crippen MR) is 219 cm³/mol. The normalized spacial score (nSPS) is 11.3. The maximum Gasteiger partial charge on any atom is 0.173 e. The van der Waals surface area contributed by atoms with Gasteiger partial charge in [0, 0.05) is 36.7 Å². The van der Waals surface area contributed by atoms with Gasteiger partial charge in [0.05, 0.1) is 11.6 Å². The van der Waals surface area contributed by atoms with Crippen LogP contribution in [0.25, 0.3) is 0 Å². The van der Waals surface area contributed by atoms with E-state index in [1.165, 1.54) is 172 Å². The topological polar surface area (TPSA) is 16.4 Å². The van der Waals surface area contributed by atoms with Crippen LogP contribution in [-0.2, 0) is 19.6 Å². The molecule has 5 heteroatoms. The summed E-state index contributed by atoms with van der Waals surface area (Å²) < 4.78 is 8.76. The number of benzene rings is 1. The number of ether oxygens (including phenoxy) is 1. The van der Waals surface area contributed by atoms with Crippen LogP contribution in [0, 0.1) is 0 Å². The minimum atomic E-state index is 0. The third-order valence-electron chi connectivity index (χ3n) is 10.3. The van der Waals surface area contributed by atoms with E-state index in [1.54, 1.807) is 0 Å². The van der Waals surface area contributed by atoms with Gasteiger partial charge in [-0.2, -0.15) is 0 Å². The van der Waals surface area contributed by atoms with Gasteiger partial charge in [0.2, 0.25) is 0 Å². The molecule has 0 N–H and O–H groups in total. The van der Waals surface area contributed by atoms with Crippen molar-refractivity contribution in [2.45, 2.75) is 214 Å². The first-order chi connectivity index (χ1) is 24.7. The number of pyridine rings is 1. The molecule has 0 saturated carbocycles. The van der Waals surface area contributed by atoms with Crippen molar-refractivity contribution in [2.75, 3.05) is 13.2 Å². The van der Waals surface area contributed by atoms with Gasteiger partial charge in [-0.1, -0.05) is 199 Å².